The molecule has 1 amide bonds. The number of hydrogen-bond acceptors (Lipinski definition) is 3. The number of aromatic nitrogens is 1. The monoisotopic (exact) mass is 210 g/mol. The molecule has 2 rings (SSSR count). The fourth-order valence-electron chi connectivity index (χ4n) is 1.53. The maximum Gasteiger partial charge on any atom is 0.267 e. The summed E-state index contributed by atoms with van der Waals surface area (Å²) < 4.78 is 10.9. The van der Waals surface area contributed by atoms with E-state index in [1.165, 1.54) is 0 Å². The van der Waals surface area contributed by atoms with Crippen molar-refractivity contribution < 1.29 is 9.35 Å². The lowest BCUT2D eigenvalue weighted by atomic mass is 10.0. The largest absolute Gasteiger partial charge is 0.616 e. The Morgan fingerprint density at radius 2 is 2.36 bits per heavy atom. The average molecular weight is 210 g/mol. The second-order valence-corrected chi connectivity index (χ2v) is 4.82. The molecule has 1 fully saturated rings. The van der Waals surface area contributed by atoms with Gasteiger partial charge in [0.05, 0.1) is 5.92 Å². The van der Waals surface area contributed by atoms with Crippen LogP contribution in [0.2, 0.25) is 0 Å². The predicted octanol–water partition coefficient (Wildman–Crippen LogP) is 0.0264. The van der Waals surface area contributed by atoms with Gasteiger partial charge < -0.3 is 10.3 Å². The number of pyridine rings is 1. The van der Waals surface area contributed by atoms with E-state index in [2.05, 4.69) is 4.98 Å². The van der Waals surface area contributed by atoms with Crippen LogP contribution in [0.3, 0.4) is 0 Å². The maximum absolute atomic E-state index is 11.0. The number of nitrogens with zero attached hydrogens (tertiary/aromatic N) is 1. The summed E-state index contributed by atoms with van der Waals surface area (Å²) in [7, 11) is 0. The maximum atomic E-state index is 11.0. The number of hydrogen-bond donors (Lipinski definition) is 1. The third-order valence-electron chi connectivity index (χ3n) is 2.29. The number of amides is 1. The molecule has 0 bridgehead atoms. The van der Waals surface area contributed by atoms with Crippen LogP contribution in [0.25, 0.3) is 0 Å². The fourth-order valence-corrected chi connectivity index (χ4v) is 2.69. The van der Waals surface area contributed by atoms with Gasteiger partial charge in [-0.3, -0.25) is 9.78 Å². The smallest absolute Gasteiger partial charge is 0.267 e. The lowest BCUT2D eigenvalue weighted by molar-refractivity contribution is 0.0994. The van der Waals surface area contributed by atoms with Gasteiger partial charge >= 0.3 is 0 Å². The van der Waals surface area contributed by atoms with E-state index in [1.54, 1.807) is 12.3 Å². The van der Waals surface area contributed by atoms with E-state index >= 15 is 0 Å². The van der Waals surface area contributed by atoms with Crippen LogP contribution < -0.4 is 5.73 Å². The van der Waals surface area contributed by atoms with Gasteiger partial charge in [-0.05, 0) is 11.6 Å². The Morgan fingerprint density at radius 3 is 2.93 bits per heavy atom. The van der Waals surface area contributed by atoms with E-state index in [0.717, 1.165) is 5.56 Å². The Hall–Kier alpha value is -1.07. The molecule has 1 aliphatic heterocycles. The molecular weight excluding hydrogens is 200 g/mol. The summed E-state index contributed by atoms with van der Waals surface area (Å²) in [4.78, 5) is 15.0. The Kier molecular flexibility index (Phi) is 2.43. The van der Waals surface area contributed by atoms with Crippen molar-refractivity contribution in [3.8, 4) is 0 Å². The molecule has 4 nitrogen and oxygen atoms in total. The quantitative estimate of drug-likeness (QED) is 0.699. The molecule has 1 aromatic rings. The zero-order chi connectivity index (χ0) is 10.1. The first kappa shape index (κ1) is 9.48. The van der Waals surface area contributed by atoms with E-state index in [-0.39, 0.29) is 5.92 Å². The summed E-state index contributed by atoms with van der Waals surface area (Å²) in [6.45, 7) is 0. The third kappa shape index (κ3) is 1.60. The van der Waals surface area contributed by atoms with Gasteiger partial charge in [-0.25, -0.2) is 0 Å². The van der Waals surface area contributed by atoms with Gasteiger partial charge in [-0.2, -0.15) is 0 Å². The van der Waals surface area contributed by atoms with Crippen molar-refractivity contribution in [1.82, 2.24) is 4.98 Å². The predicted molar refractivity (Wildman–Crippen MR) is 53.4 cm³/mol. The summed E-state index contributed by atoms with van der Waals surface area (Å²) in [5, 5.41) is 0. The molecule has 2 heterocycles. The van der Waals surface area contributed by atoms with Crippen LogP contribution in [0.1, 0.15) is 22.0 Å². The molecular formula is C9H10N2O2S. The van der Waals surface area contributed by atoms with Crippen LogP contribution in [-0.4, -0.2) is 26.9 Å². The van der Waals surface area contributed by atoms with Crippen molar-refractivity contribution in [3.63, 3.8) is 0 Å². The van der Waals surface area contributed by atoms with Crippen LogP contribution in [0, 0.1) is 0 Å². The van der Waals surface area contributed by atoms with Crippen molar-refractivity contribution in [2.24, 2.45) is 5.73 Å². The molecule has 0 saturated carbocycles. The topological polar surface area (TPSA) is 79.0 Å². The minimum atomic E-state index is -0.724. The second kappa shape index (κ2) is 3.59. The lowest BCUT2D eigenvalue weighted by Gasteiger charge is -2.29. The summed E-state index contributed by atoms with van der Waals surface area (Å²) in [6.07, 6.45) is 1.54. The Bertz CT molecular complexity index is 364. The van der Waals surface area contributed by atoms with Crippen LogP contribution in [0.4, 0.5) is 0 Å². The SMILES string of the molecule is NC(=O)c1ncccc1C1C[S+]([O-])C1. The Balaban J connectivity index is 2.28. The highest BCUT2D eigenvalue weighted by molar-refractivity contribution is 7.92. The van der Waals surface area contributed by atoms with Gasteiger partial charge in [-0.15, -0.1) is 0 Å². The van der Waals surface area contributed by atoms with Crippen molar-refractivity contribution in [2.45, 2.75) is 5.92 Å². The molecule has 0 aromatic carbocycles. The third-order valence-corrected chi connectivity index (χ3v) is 3.83. The highest BCUT2D eigenvalue weighted by atomic mass is 32.2. The number of carbonyl (C=O) groups excluding carboxylic acids is 1. The molecule has 0 spiro atoms. The van der Waals surface area contributed by atoms with Gasteiger partial charge in [0.15, 0.2) is 0 Å². The van der Waals surface area contributed by atoms with E-state index < -0.39 is 17.1 Å². The zero-order valence-corrected chi connectivity index (χ0v) is 8.29. The highest BCUT2D eigenvalue weighted by Crippen LogP contribution is 2.30. The molecule has 5 heteroatoms. The van der Waals surface area contributed by atoms with Crippen LogP contribution >= 0.6 is 0 Å². The number of nitrogens with two attached hydrogens (primary N) is 1. The molecule has 2 N–H and O–H groups in total. The molecule has 14 heavy (non-hydrogen) atoms. The summed E-state index contributed by atoms with van der Waals surface area (Å²) in [6, 6.07) is 3.59. The minimum Gasteiger partial charge on any atom is -0.616 e. The lowest BCUT2D eigenvalue weighted by Crippen LogP contribution is -2.35. The van der Waals surface area contributed by atoms with Crippen LogP contribution in [0.5, 0.6) is 0 Å². The first-order valence-corrected chi connectivity index (χ1v) is 5.77. The van der Waals surface area contributed by atoms with Crippen molar-refractivity contribution in [2.75, 3.05) is 11.5 Å². The zero-order valence-electron chi connectivity index (χ0n) is 7.47. The van der Waals surface area contributed by atoms with Crippen molar-refractivity contribution in [1.29, 1.82) is 0 Å². The summed E-state index contributed by atoms with van der Waals surface area (Å²) in [5.74, 6) is 0.906. The first-order chi connectivity index (χ1) is 6.68. The molecule has 0 atom stereocenters. The average Bonchev–Trinajstić information content (AvgIpc) is 2.13. The highest BCUT2D eigenvalue weighted by Gasteiger charge is 2.35. The minimum absolute atomic E-state index is 0.187. The van der Waals surface area contributed by atoms with E-state index in [9.17, 15) is 9.35 Å². The Morgan fingerprint density at radius 1 is 1.64 bits per heavy atom. The van der Waals surface area contributed by atoms with Gasteiger partial charge in [0.25, 0.3) is 5.91 Å². The van der Waals surface area contributed by atoms with E-state index in [4.69, 9.17) is 5.73 Å². The fraction of sp³-hybridized carbons (Fsp3) is 0.333. The standard InChI is InChI=1S/C9H10N2O2S/c10-9(12)8-7(2-1-3-11-8)6-4-14(13)5-6/h1-3,6H,4-5H2,(H2,10,12). The van der Waals surface area contributed by atoms with Crippen LogP contribution in [-0.2, 0) is 11.2 Å². The van der Waals surface area contributed by atoms with Gasteiger partial charge in [0, 0.05) is 6.20 Å². The van der Waals surface area contributed by atoms with Gasteiger partial charge in [0.2, 0.25) is 0 Å². The summed E-state index contributed by atoms with van der Waals surface area (Å²) in [5.41, 5.74) is 6.34. The number of rotatable bonds is 2. The number of carbonyl (C=O) groups is 1. The first-order valence-electron chi connectivity index (χ1n) is 4.28. The van der Waals surface area contributed by atoms with Crippen molar-refractivity contribution in [3.05, 3.63) is 29.6 Å². The van der Waals surface area contributed by atoms with Gasteiger partial charge in [0.1, 0.15) is 17.2 Å². The number of primary amides is 1. The molecule has 0 unspecified atom stereocenters. The Labute approximate surface area is 84.7 Å². The van der Waals surface area contributed by atoms with Crippen LogP contribution in [0.15, 0.2) is 18.3 Å². The second-order valence-electron chi connectivity index (χ2n) is 3.28. The van der Waals surface area contributed by atoms with E-state index in [1.807, 2.05) is 6.07 Å². The molecule has 0 radical (unpaired) electrons. The van der Waals surface area contributed by atoms with Crippen molar-refractivity contribution >= 4 is 17.1 Å². The molecule has 1 aliphatic rings. The molecule has 1 saturated heterocycles. The van der Waals surface area contributed by atoms with Gasteiger partial charge in [-0.1, -0.05) is 17.2 Å². The van der Waals surface area contributed by atoms with E-state index in [0.29, 0.717) is 17.2 Å². The molecule has 1 aromatic heterocycles. The molecule has 0 aliphatic carbocycles. The summed E-state index contributed by atoms with van der Waals surface area (Å²) >= 11 is -0.724. The molecule has 74 valence electrons. The normalized spacial score (nSPS) is 25.5.